The fraction of sp³-hybridized carbons (Fsp3) is 0.333. The van der Waals surface area contributed by atoms with Crippen molar-refractivity contribution in [1.29, 1.82) is 0 Å². The van der Waals surface area contributed by atoms with Gasteiger partial charge in [0.2, 0.25) is 0 Å². The predicted molar refractivity (Wildman–Crippen MR) is 69.1 cm³/mol. The fourth-order valence-electron chi connectivity index (χ4n) is 1.76. The molecule has 8 heteroatoms. The van der Waals surface area contributed by atoms with E-state index in [-0.39, 0.29) is 11.4 Å². The van der Waals surface area contributed by atoms with Gasteiger partial charge in [0, 0.05) is 31.4 Å². The highest BCUT2D eigenvalue weighted by Gasteiger charge is 2.33. The van der Waals surface area contributed by atoms with E-state index in [0.29, 0.717) is 18.8 Å². The first kappa shape index (κ1) is 14.2. The normalized spacial score (nSPS) is 11.6. The molecule has 2 aromatic rings. The minimum atomic E-state index is -4.44. The summed E-state index contributed by atoms with van der Waals surface area (Å²) in [4.78, 5) is 4.00. The second-order valence-corrected chi connectivity index (χ2v) is 4.31. The van der Waals surface area contributed by atoms with Crippen LogP contribution in [0, 0.1) is 0 Å². The zero-order valence-electron chi connectivity index (χ0n) is 10.8. The minimum absolute atomic E-state index is 0.00244. The Morgan fingerprint density at radius 1 is 1.35 bits per heavy atom. The SMILES string of the molecule is Cn1cnc(CCNc2ccc(N)cc2C(F)(F)F)n1. The lowest BCUT2D eigenvalue weighted by Crippen LogP contribution is -2.13. The van der Waals surface area contributed by atoms with Gasteiger partial charge in [-0.05, 0) is 18.2 Å². The number of nitrogens with two attached hydrogens (primary N) is 1. The third-order valence-corrected chi connectivity index (χ3v) is 2.66. The molecule has 108 valence electrons. The Morgan fingerprint density at radius 3 is 2.70 bits per heavy atom. The molecule has 0 aliphatic carbocycles. The molecule has 20 heavy (non-hydrogen) atoms. The smallest absolute Gasteiger partial charge is 0.399 e. The van der Waals surface area contributed by atoms with E-state index in [4.69, 9.17) is 5.73 Å². The van der Waals surface area contributed by atoms with Gasteiger partial charge in [-0.3, -0.25) is 4.68 Å². The molecule has 1 heterocycles. The summed E-state index contributed by atoms with van der Waals surface area (Å²) in [5.74, 6) is 0.573. The molecule has 1 aromatic carbocycles. The van der Waals surface area contributed by atoms with Crippen LogP contribution >= 0.6 is 0 Å². The lowest BCUT2D eigenvalue weighted by Gasteiger charge is -2.14. The zero-order chi connectivity index (χ0) is 14.8. The number of nitrogens with zero attached hydrogens (tertiary/aromatic N) is 3. The van der Waals surface area contributed by atoms with Crippen LogP contribution in [0.25, 0.3) is 0 Å². The number of hydrogen-bond donors (Lipinski definition) is 2. The van der Waals surface area contributed by atoms with Crippen LogP contribution in [0.15, 0.2) is 24.5 Å². The van der Waals surface area contributed by atoms with Gasteiger partial charge in [-0.2, -0.15) is 18.3 Å². The van der Waals surface area contributed by atoms with E-state index in [2.05, 4.69) is 15.4 Å². The van der Waals surface area contributed by atoms with Gasteiger partial charge in [0.15, 0.2) is 5.82 Å². The van der Waals surface area contributed by atoms with Crippen molar-refractivity contribution >= 4 is 11.4 Å². The topological polar surface area (TPSA) is 68.8 Å². The molecular weight excluding hydrogens is 271 g/mol. The lowest BCUT2D eigenvalue weighted by atomic mass is 10.1. The fourth-order valence-corrected chi connectivity index (χ4v) is 1.76. The van der Waals surface area contributed by atoms with Gasteiger partial charge in [-0.25, -0.2) is 4.98 Å². The number of aryl methyl sites for hydroxylation is 1. The number of hydrogen-bond acceptors (Lipinski definition) is 4. The summed E-state index contributed by atoms with van der Waals surface area (Å²) in [6.45, 7) is 0.303. The van der Waals surface area contributed by atoms with Crippen LogP contribution in [-0.4, -0.2) is 21.3 Å². The number of nitrogens with one attached hydrogen (secondary N) is 1. The molecule has 0 amide bonds. The van der Waals surface area contributed by atoms with Crippen molar-refractivity contribution in [3.05, 3.63) is 35.9 Å². The van der Waals surface area contributed by atoms with Gasteiger partial charge in [0.25, 0.3) is 0 Å². The Labute approximate surface area is 113 Å². The van der Waals surface area contributed by atoms with Crippen LogP contribution in [-0.2, 0) is 19.6 Å². The molecular formula is C12H14F3N5. The molecule has 0 saturated heterocycles. The molecule has 0 aliphatic rings. The van der Waals surface area contributed by atoms with E-state index in [1.165, 1.54) is 12.1 Å². The number of benzene rings is 1. The Bertz CT molecular complexity index is 591. The number of nitrogen functional groups attached to an aromatic ring is 1. The second kappa shape index (κ2) is 5.40. The van der Waals surface area contributed by atoms with E-state index in [9.17, 15) is 13.2 Å². The van der Waals surface area contributed by atoms with Crippen molar-refractivity contribution in [2.24, 2.45) is 7.05 Å². The Balaban J connectivity index is 2.06. The summed E-state index contributed by atoms with van der Waals surface area (Å²) in [7, 11) is 1.73. The van der Waals surface area contributed by atoms with Crippen molar-refractivity contribution in [2.75, 3.05) is 17.6 Å². The number of aromatic nitrogens is 3. The highest BCUT2D eigenvalue weighted by atomic mass is 19.4. The van der Waals surface area contributed by atoms with Crippen LogP contribution < -0.4 is 11.1 Å². The molecule has 0 spiro atoms. The average Bonchev–Trinajstić information content (AvgIpc) is 2.76. The quantitative estimate of drug-likeness (QED) is 0.844. The molecule has 0 bridgehead atoms. The van der Waals surface area contributed by atoms with E-state index >= 15 is 0 Å². The number of halogens is 3. The first-order chi connectivity index (χ1) is 9.36. The summed E-state index contributed by atoms with van der Waals surface area (Å²) in [5.41, 5.74) is 4.70. The third-order valence-electron chi connectivity index (χ3n) is 2.66. The maximum Gasteiger partial charge on any atom is 0.418 e. The van der Waals surface area contributed by atoms with Crippen molar-refractivity contribution in [3.8, 4) is 0 Å². The maximum absolute atomic E-state index is 12.9. The largest absolute Gasteiger partial charge is 0.418 e. The standard InChI is InChI=1S/C12H14F3N5/c1-20-7-18-11(19-20)4-5-17-10-3-2-8(16)6-9(10)12(13,14)15/h2-3,6-7,17H,4-5,16H2,1H3. The zero-order valence-corrected chi connectivity index (χ0v) is 10.8. The summed E-state index contributed by atoms with van der Waals surface area (Å²) >= 11 is 0. The number of alkyl halides is 3. The molecule has 0 fully saturated rings. The lowest BCUT2D eigenvalue weighted by molar-refractivity contribution is -0.136. The Kier molecular flexibility index (Phi) is 3.82. The van der Waals surface area contributed by atoms with Crippen molar-refractivity contribution in [2.45, 2.75) is 12.6 Å². The summed E-state index contributed by atoms with van der Waals surface area (Å²) in [6.07, 6.45) is -2.47. The first-order valence-electron chi connectivity index (χ1n) is 5.91. The van der Waals surface area contributed by atoms with Crippen molar-refractivity contribution < 1.29 is 13.2 Å². The number of rotatable bonds is 4. The third kappa shape index (κ3) is 3.40. The molecule has 5 nitrogen and oxygen atoms in total. The highest BCUT2D eigenvalue weighted by molar-refractivity contribution is 5.59. The van der Waals surface area contributed by atoms with Gasteiger partial charge >= 0.3 is 6.18 Å². The van der Waals surface area contributed by atoms with Crippen molar-refractivity contribution in [1.82, 2.24) is 14.8 Å². The van der Waals surface area contributed by atoms with Gasteiger partial charge < -0.3 is 11.1 Å². The maximum atomic E-state index is 12.9. The molecule has 0 unspecified atom stereocenters. The average molecular weight is 285 g/mol. The molecule has 2 rings (SSSR count). The molecule has 3 N–H and O–H groups in total. The molecule has 0 aliphatic heterocycles. The first-order valence-corrected chi connectivity index (χ1v) is 5.91. The van der Waals surface area contributed by atoms with Gasteiger partial charge in [-0.15, -0.1) is 0 Å². The molecule has 1 aromatic heterocycles. The summed E-state index contributed by atoms with van der Waals surface area (Å²) < 4.78 is 40.1. The monoisotopic (exact) mass is 285 g/mol. The Hall–Kier alpha value is -2.25. The van der Waals surface area contributed by atoms with Crippen LogP contribution in [0.2, 0.25) is 0 Å². The molecule has 0 atom stereocenters. The van der Waals surface area contributed by atoms with Crippen LogP contribution in [0.1, 0.15) is 11.4 Å². The van der Waals surface area contributed by atoms with Gasteiger partial charge in [0.1, 0.15) is 6.33 Å². The minimum Gasteiger partial charge on any atom is -0.399 e. The number of anilines is 2. The predicted octanol–water partition coefficient (Wildman–Crippen LogP) is 2.07. The Morgan fingerprint density at radius 2 is 2.10 bits per heavy atom. The van der Waals surface area contributed by atoms with Gasteiger partial charge in [-0.1, -0.05) is 0 Å². The van der Waals surface area contributed by atoms with E-state index in [1.54, 1.807) is 18.1 Å². The molecule has 0 radical (unpaired) electrons. The van der Waals surface area contributed by atoms with Crippen LogP contribution in [0.4, 0.5) is 24.5 Å². The van der Waals surface area contributed by atoms with Crippen molar-refractivity contribution in [3.63, 3.8) is 0 Å². The van der Waals surface area contributed by atoms with E-state index in [1.807, 2.05) is 0 Å². The van der Waals surface area contributed by atoms with E-state index in [0.717, 1.165) is 6.07 Å². The van der Waals surface area contributed by atoms with E-state index < -0.39 is 11.7 Å². The van der Waals surface area contributed by atoms with Gasteiger partial charge in [0.05, 0.1) is 5.56 Å². The highest BCUT2D eigenvalue weighted by Crippen LogP contribution is 2.35. The second-order valence-electron chi connectivity index (χ2n) is 4.31. The summed E-state index contributed by atoms with van der Waals surface area (Å²) in [6, 6.07) is 3.67. The van der Waals surface area contributed by atoms with Crippen LogP contribution in [0.5, 0.6) is 0 Å². The summed E-state index contributed by atoms with van der Waals surface area (Å²) in [5, 5.41) is 6.79. The van der Waals surface area contributed by atoms with Crippen LogP contribution in [0.3, 0.4) is 0 Å². The molecule has 0 saturated carbocycles.